The Morgan fingerprint density at radius 3 is 2.30 bits per heavy atom. The van der Waals surface area contributed by atoms with Crippen LogP contribution >= 0.6 is 0 Å². The minimum absolute atomic E-state index is 0.132. The third kappa shape index (κ3) is 5.32. The van der Waals surface area contributed by atoms with E-state index in [4.69, 9.17) is 14.2 Å². The van der Waals surface area contributed by atoms with E-state index in [0.29, 0.717) is 29.4 Å². The first-order valence-corrected chi connectivity index (χ1v) is 9.99. The average Bonchev–Trinajstić information content (AvgIpc) is 2.78. The first-order valence-electron chi connectivity index (χ1n) is 9.99. The Kier molecular flexibility index (Phi) is 7.33. The van der Waals surface area contributed by atoms with Crippen LogP contribution in [-0.2, 0) is 13.0 Å². The van der Waals surface area contributed by atoms with Crippen molar-refractivity contribution in [3.05, 3.63) is 83.4 Å². The number of carbonyl (C=O) groups is 1. The molecule has 0 saturated carbocycles. The molecular weight excluding hydrogens is 378 g/mol. The van der Waals surface area contributed by atoms with Crippen LogP contribution in [-0.4, -0.2) is 20.1 Å². The van der Waals surface area contributed by atoms with Gasteiger partial charge in [-0.05, 0) is 47.9 Å². The first kappa shape index (κ1) is 21.2. The second-order valence-corrected chi connectivity index (χ2v) is 6.85. The molecule has 0 atom stereocenters. The number of hydrogen-bond acceptors (Lipinski definition) is 4. The maximum Gasteiger partial charge on any atom is 0.255 e. The Morgan fingerprint density at radius 1 is 0.867 bits per heavy atom. The number of nitrogens with one attached hydrogen (secondary N) is 1. The second kappa shape index (κ2) is 10.3. The van der Waals surface area contributed by atoms with Crippen molar-refractivity contribution < 1.29 is 19.0 Å². The van der Waals surface area contributed by atoms with E-state index in [-0.39, 0.29) is 5.91 Å². The number of rotatable bonds is 9. The van der Waals surface area contributed by atoms with Crippen molar-refractivity contribution in [2.45, 2.75) is 26.3 Å². The lowest BCUT2D eigenvalue weighted by molar-refractivity contribution is 0.0947. The largest absolute Gasteiger partial charge is 0.497 e. The van der Waals surface area contributed by atoms with Gasteiger partial charge >= 0.3 is 0 Å². The maximum absolute atomic E-state index is 12.8. The summed E-state index contributed by atoms with van der Waals surface area (Å²) >= 11 is 0. The molecule has 1 amide bonds. The van der Waals surface area contributed by atoms with Crippen LogP contribution < -0.4 is 19.5 Å². The molecular formula is C25H27NO4. The molecule has 0 bridgehead atoms. The summed E-state index contributed by atoms with van der Waals surface area (Å²) in [6.07, 6.45) is 1.79. The number of methoxy groups -OCH3 is 2. The van der Waals surface area contributed by atoms with Gasteiger partial charge in [0.15, 0.2) is 0 Å². The molecule has 5 heteroatoms. The molecule has 0 unspecified atom stereocenters. The van der Waals surface area contributed by atoms with Gasteiger partial charge in [0.2, 0.25) is 0 Å². The van der Waals surface area contributed by atoms with Gasteiger partial charge in [-0.3, -0.25) is 4.79 Å². The summed E-state index contributed by atoms with van der Waals surface area (Å²) in [5, 5.41) is 3.00. The van der Waals surface area contributed by atoms with Crippen molar-refractivity contribution in [3.63, 3.8) is 0 Å². The molecule has 156 valence electrons. The number of carbonyl (C=O) groups excluding carboxylic acids is 1. The lowest BCUT2D eigenvalue weighted by Crippen LogP contribution is -2.24. The zero-order valence-electron chi connectivity index (χ0n) is 17.6. The van der Waals surface area contributed by atoms with Gasteiger partial charge in [-0.15, -0.1) is 0 Å². The van der Waals surface area contributed by atoms with E-state index >= 15 is 0 Å². The Labute approximate surface area is 177 Å². The van der Waals surface area contributed by atoms with Crippen LogP contribution in [0, 0.1) is 0 Å². The van der Waals surface area contributed by atoms with Gasteiger partial charge in [0.25, 0.3) is 5.91 Å². The number of ether oxygens (including phenoxy) is 3. The van der Waals surface area contributed by atoms with Crippen molar-refractivity contribution >= 4 is 5.91 Å². The quantitative estimate of drug-likeness (QED) is 0.519. The Morgan fingerprint density at radius 2 is 1.60 bits per heavy atom. The maximum atomic E-state index is 12.8. The SMILES string of the molecule is CCCc1cccc(OC)c1C(=O)NCc1ccc(Oc2cccc(OC)c2)cc1. The van der Waals surface area contributed by atoms with Gasteiger partial charge in [-0.2, -0.15) is 0 Å². The fourth-order valence-electron chi connectivity index (χ4n) is 3.23. The summed E-state index contributed by atoms with van der Waals surface area (Å²) in [5.74, 6) is 2.63. The molecule has 0 aliphatic carbocycles. The molecule has 0 aromatic heterocycles. The molecule has 3 aromatic rings. The van der Waals surface area contributed by atoms with Gasteiger partial charge < -0.3 is 19.5 Å². The molecule has 3 aromatic carbocycles. The van der Waals surface area contributed by atoms with Crippen molar-refractivity contribution in [3.8, 4) is 23.0 Å². The van der Waals surface area contributed by atoms with Crippen LogP contribution in [0.5, 0.6) is 23.0 Å². The molecule has 30 heavy (non-hydrogen) atoms. The van der Waals surface area contributed by atoms with E-state index in [9.17, 15) is 4.79 Å². The molecule has 0 saturated heterocycles. The molecule has 0 spiro atoms. The van der Waals surface area contributed by atoms with Crippen LogP contribution in [0.15, 0.2) is 66.7 Å². The summed E-state index contributed by atoms with van der Waals surface area (Å²) in [7, 11) is 3.21. The van der Waals surface area contributed by atoms with Crippen molar-refractivity contribution in [1.82, 2.24) is 5.32 Å². The third-order valence-electron chi connectivity index (χ3n) is 4.73. The van der Waals surface area contributed by atoms with E-state index in [1.54, 1.807) is 14.2 Å². The van der Waals surface area contributed by atoms with E-state index in [2.05, 4.69) is 12.2 Å². The summed E-state index contributed by atoms with van der Waals surface area (Å²) in [6, 6.07) is 20.8. The highest BCUT2D eigenvalue weighted by atomic mass is 16.5. The van der Waals surface area contributed by atoms with E-state index in [0.717, 1.165) is 29.7 Å². The minimum atomic E-state index is -0.132. The summed E-state index contributed by atoms with van der Waals surface area (Å²) in [5.41, 5.74) is 2.59. The zero-order valence-corrected chi connectivity index (χ0v) is 17.6. The summed E-state index contributed by atoms with van der Waals surface area (Å²) in [6.45, 7) is 2.51. The van der Waals surface area contributed by atoms with Gasteiger partial charge in [-0.1, -0.05) is 43.7 Å². The fourth-order valence-corrected chi connectivity index (χ4v) is 3.23. The summed E-state index contributed by atoms with van der Waals surface area (Å²) < 4.78 is 16.5. The molecule has 1 N–H and O–H groups in total. The van der Waals surface area contributed by atoms with Crippen LogP contribution in [0.3, 0.4) is 0 Å². The van der Waals surface area contributed by atoms with Crippen molar-refractivity contribution in [2.75, 3.05) is 14.2 Å². The van der Waals surface area contributed by atoms with Crippen LogP contribution in [0.1, 0.15) is 34.8 Å². The van der Waals surface area contributed by atoms with Crippen LogP contribution in [0.4, 0.5) is 0 Å². The molecule has 0 aliphatic heterocycles. The molecule has 0 heterocycles. The number of benzene rings is 3. The highest BCUT2D eigenvalue weighted by Crippen LogP contribution is 2.26. The van der Waals surface area contributed by atoms with Crippen LogP contribution in [0.25, 0.3) is 0 Å². The smallest absolute Gasteiger partial charge is 0.255 e. The van der Waals surface area contributed by atoms with Gasteiger partial charge in [0, 0.05) is 12.6 Å². The normalized spacial score (nSPS) is 10.4. The lowest BCUT2D eigenvalue weighted by atomic mass is 10.0. The fraction of sp³-hybridized carbons (Fsp3) is 0.240. The molecule has 0 radical (unpaired) electrons. The molecule has 3 rings (SSSR count). The van der Waals surface area contributed by atoms with Crippen molar-refractivity contribution in [2.24, 2.45) is 0 Å². The second-order valence-electron chi connectivity index (χ2n) is 6.85. The predicted molar refractivity (Wildman–Crippen MR) is 118 cm³/mol. The van der Waals surface area contributed by atoms with Gasteiger partial charge in [-0.25, -0.2) is 0 Å². The van der Waals surface area contributed by atoms with E-state index in [1.807, 2.05) is 66.7 Å². The molecule has 0 aliphatic rings. The minimum Gasteiger partial charge on any atom is -0.497 e. The van der Waals surface area contributed by atoms with Crippen molar-refractivity contribution in [1.29, 1.82) is 0 Å². The molecule has 0 fully saturated rings. The predicted octanol–water partition coefficient (Wildman–Crippen LogP) is 5.38. The van der Waals surface area contributed by atoms with Gasteiger partial charge in [0.1, 0.15) is 23.0 Å². The Hall–Kier alpha value is -3.47. The zero-order chi connectivity index (χ0) is 21.3. The highest BCUT2D eigenvalue weighted by molar-refractivity contribution is 5.98. The third-order valence-corrected chi connectivity index (χ3v) is 4.73. The van der Waals surface area contributed by atoms with Gasteiger partial charge in [0.05, 0.1) is 19.8 Å². The molecule has 5 nitrogen and oxygen atoms in total. The standard InChI is InChI=1S/C25H27NO4/c1-4-7-19-8-5-11-23(29-3)24(19)25(27)26-17-18-12-14-20(15-13-18)30-22-10-6-9-21(16-22)28-2/h5-6,8-16H,4,7,17H2,1-3H3,(H,26,27). The van der Waals surface area contributed by atoms with Crippen LogP contribution in [0.2, 0.25) is 0 Å². The topological polar surface area (TPSA) is 56.8 Å². The van der Waals surface area contributed by atoms with E-state index < -0.39 is 0 Å². The average molecular weight is 405 g/mol. The number of aryl methyl sites for hydroxylation is 1. The first-order chi connectivity index (χ1) is 14.6. The summed E-state index contributed by atoms with van der Waals surface area (Å²) in [4.78, 5) is 12.8. The van der Waals surface area contributed by atoms with E-state index in [1.165, 1.54) is 0 Å². The number of hydrogen-bond donors (Lipinski definition) is 1. The number of amides is 1. The highest BCUT2D eigenvalue weighted by Gasteiger charge is 2.16. The monoisotopic (exact) mass is 405 g/mol. The lowest BCUT2D eigenvalue weighted by Gasteiger charge is -2.14. The Bertz CT molecular complexity index is 983. The Balaban J connectivity index is 1.64.